The van der Waals surface area contributed by atoms with Gasteiger partial charge in [0.2, 0.25) is 15.9 Å². The minimum atomic E-state index is -3.88. The lowest BCUT2D eigenvalue weighted by Crippen LogP contribution is -2.44. The van der Waals surface area contributed by atoms with Gasteiger partial charge in [-0.1, -0.05) is 6.07 Å². The highest BCUT2D eigenvalue weighted by Crippen LogP contribution is 2.27. The number of piperidine rings is 1. The predicted molar refractivity (Wildman–Crippen MR) is 115 cm³/mol. The van der Waals surface area contributed by atoms with E-state index >= 15 is 0 Å². The number of ether oxygens (including phenoxy) is 1. The number of anilines is 1. The first kappa shape index (κ1) is 22.4. The fourth-order valence-electron chi connectivity index (χ4n) is 3.31. The summed E-state index contributed by atoms with van der Waals surface area (Å²) in [7, 11) is -2.64. The van der Waals surface area contributed by atoms with E-state index in [1.54, 1.807) is 31.3 Å². The number of amides is 1. The molecule has 0 spiro atoms. The summed E-state index contributed by atoms with van der Waals surface area (Å²) in [4.78, 5) is 28.7. The number of carbonyl (C=O) groups excluding carboxylic acids is 2. The van der Waals surface area contributed by atoms with Crippen LogP contribution < -0.4 is 5.32 Å². The lowest BCUT2D eigenvalue weighted by atomic mass is 9.99. The second-order valence-corrected chi connectivity index (χ2v) is 9.85. The SMILES string of the molecule is COC(=O)c1ccc(C)c(S(=O)(=O)N2CCCC(C(=O)Nc3ccc(Br)cn3)C2)c1. The van der Waals surface area contributed by atoms with Gasteiger partial charge in [-0.05, 0) is 65.5 Å². The summed E-state index contributed by atoms with van der Waals surface area (Å²) in [6.45, 7) is 2.04. The van der Waals surface area contributed by atoms with E-state index in [2.05, 4.69) is 26.2 Å². The fraction of sp³-hybridized carbons (Fsp3) is 0.350. The van der Waals surface area contributed by atoms with Gasteiger partial charge in [-0.15, -0.1) is 0 Å². The Labute approximate surface area is 183 Å². The van der Waals surface area contributed by atoms with Crippen LogP contribution in [0.1, 0.15) is 28.8 Å². The number of aromatic nitrogens is 1. The van der Waals surface area contributed by atoms with E-state index in [4.69, 9.17) is 4.74 Å². The predicted octanol–water partition coefficient (Wildman–Crippen LogP) is 2.98. The first-order valence-electron chi connectivity index (χ1n) is 9.34. The molecule has 1 atom stereocenters. The van der Waals surface area contributed by atoms with E-state index in [9.17, 15) is 18.0 Å². The molecule has 1 aliphatic heterocycles. The third kappa shape index (κ3) is 4.88. The molecule has 10 heteroatoms. The molecule has 0 bridgehead atoms. The van der Waals surface area contributed by atoms with Gasteiger partial charge in [0, 0.05) is 23.8 Å². The lowest BCUT2D eigenvalue weighted by molar-refractivity contribution is -0.120. The Hall–Kier alpha value is -2.30. The first-order valence-corrected chi connectivity index (χ1v) is 11.6. The van der Waals surface area contributed by atoms with E-state index in [-0.39, 0.29) is 22.9 Å². The minimum absolute atomic E-state index is 0.0426. The molecule has 1 N–H and O–H groups in total. The fourth-order valence-corrected chi connectivity index (χ4v) is 5.32. The van der Waals surface area contributed by atoms with Crippen LogP contribution in [0.25, 0.3) is 0 Å². The van der Waals surface area contributed by atoms with Crippen molar-refractivity contribution >= 4 is 43.6 Å². The summed E-state index contributed by atoms with van der Waals surface area (Å²) in [5.41, 5.74) is 0.683. The molecule has 2 aromatic rings. The maximum Gasteiger partial charge on any atom is 0.337 e. The van der Waals surface area contributed by atoms with Gasteiger partial charge >= 0.3 is 5.97 Å². The molecule has 8 nitrogen and oxygen atoms in total. The zero-order valence-corrected chi connectivity index (χ0v) is 19.0. The van der Waals surface area contributed by atoms with Gasteiger partial charge in [0.1, 0.15) is 5.82 Å². The molecule has 1 aromatic heterocycles. The van der Waals surface area contributed by atoms with Gasteiger partial charge < -0.3 is 10.1 Å². The maximum absolute atomic E-state index is 13.3. The molecule has 1 saturated heterocycles. The number of hydrogen-bond acceptors (Lipinski definition) is 6. The summed E-state index contributed by atoms with van der Waals surface area (Å²) < 4.78 is 33.3. The highest BCUT2D eigenvalue weighted by molar-refractivity contribution is 9.10. The van der Waals surface area contributed by atoms with Gasteiger partial charge in [-0.2, -0.15) is 4.31 Å². The molecule has 1 amide bonds. The minimum Gasteiger partial charge on any atom is -0.465 e. The van der Waals surface area contributed by atoms with Gasteiger partial charge in [0.15, 0.2) is 0 Å². The van der Waals surface area contributed by atoms with Crippen LogP contribution in [-0.4, -0.2) is 49.8 Å². The number of pyridine rings is 1. The average molecular weight is 496 g/mol. The van der Waals surface area contributed by atoms with E-state index in [1.165, 1.54) is 23.5 Å². The third-order valence-corrected chi connectivity index (χ3v) is 7.44. The van der Waals surface area contributed by atoms with Crippen LogP contribution in [0, 0.1) is 12.8 Å². The molecule has 160 valence electrons. The summed E-state index contributed by atoms with van der Waals surface area (Å²) in [6.07, 6.45) is 2.71. The average Bonchev–Trinajstić information content (AvgIpc) is 2.75. The Morgan fingerprint density at radius 3 is 2.70 bits per heavy atom. The van der Waals surface area contributed by atoms with Crippen LogP contribution in [0.2, 0.25) is 0 Å². The van der Waals surface area contributed by atoms with Crippen LogP contribution >= 0.6 is 15.9 Å². The molecule has 1 aliphatic rings. The van der Waals surface area contributed by atoms with E-state index in [1.807, 2.05) is 0 Å². The zero-order valence-electron chi connectivity index (χ0n) is 16.6. The van der Waals surface area contributed by atoms with Crippen LogP contribution in [0.3, 0.4) is 0 Å². The number of halogens is 1. The van der Waals surface area contributed by atoms with Crippen molar-refractivity contribution in [2.24, 2.45) is 5.92 Å². The van der Waals surface area contributed by atoms with Crippen molar-refractivity contribution < 1.29 is 22.7 Å². The molecule has 0 aliphatic carbocycles. The Balaban J connectivity index is 1.79. The number of carbonyl (C=O) groups is 2. The van der Waals surface area contributed by atoms with E-state index < -0.39 is 21.9 Å². The zero-order chi connectivity index (χ0) is 21.9. The second-order valence-electron chi connectivity index (χ2n) is 7.02. The number of sulfonamides is 1. The van der Waals surface area contributed by atoms with Crippen molar-refractivity contribution in [3.8, 4) is 0 Å². The quantitative estimate of drug-likeness (QED) is 0.639. The molecule has 0 saturated carbocycles. The Morgan fingerprint density at radius 2 is 2.03 bits per heavy atom. The number of aryl methyl sites for hydroxylation is 1. The largest absolute Gasteiger partial charge is 0.465 e. The molecular weight excluding hydrogens is 474 g/mol. The normalized spacial score (nSPS) is 17.4. The summed E-state index contributed by atoms with van der Waals surface area (Å²) >= 11 is 3.29. The topological polar surface area (TPSA) is 106 Å². The van der Waals surface area contributed by atoms with E-state index in [0.717, 1.165) is 4.47 Å². The number of esters is 1. The summed E-state index contributed by atoms with van der Waals surface area (Å²) in [6, 6.07) is 7.86. The van der Waals surface area contributed by atoms with Crippen molar-refractivity contribution in [1.82, 2.24) is 9.29 Å². The monoisotopic (exact) mass is 495 g/mol. The van der Waals surface area contributed by atoms with Gasteiger partial charge in [-0.25, -0.2) is 18.2 Å². The molecule has 3 rings (SSSR count). The highest BCUT2D eigenvalue weighted by atomic mass is 79.9. The van der Waals surface area contributed by atoms with Crippen LogP contribution in [0.4, 0.5) is 5.82 Å². The van der Waals surface area contributed by atoms with Crippen LogP contribution in [0.15, 0.2) is 45.9 Å². The maximum atomic E-state index is 13.3. The van der Waals surface area contributed by atoms with Crippen LogP contribution in [0.5, 0.6) is 0 Å². The molecule has 1 fully saturated rings. The Bertz CT molecular complexity index is 1060. The molecular formula is C20H22BrN3O5S. The standard InChI is InChI=1S/C20H22BrN3O5S/c1-13-5-6-14(20(26)29-2)10-17(13)30(27,28)24-9-3-4-15(12-24)19(25)23-18-8-7-16(21)11-22-18/h5-8,10-11,15H,3-4,9,12H2,1-2H3,(H,22,23,25). The van der Waals surface area contributed by atoms with Gasteiger partial charge in [0.05, 0.1) is 23.5 Å². The van der Waals surface area contributed by atoms with Crippen molar-refractivity contribution in [1.29, 1.82) is 0 Å². The van der Waals surface area contributed by atoms with Gasteiger partial charge in [0.25, 0.3) is 0 Å². The number of hydrogen-bond donors (Lipinski definition) is 1. The summed E-state index contributed by atoms with van der Waals surface area (Å²) in [5, 5.41) is 2.74. The first-order chi connectivity index (χ1) is 14.2. The number of nitrogens with one attached hydrogen (secondary N) is 1. The third-order valence-electron chi connectivity index (χ3n) is 4.96. The number of methoxy groups -OCH3 is 1. The molecule has 1 aromatic carbocycles. The number of nitrogens with zero attached hydrogens (tertiary/aromatic N) is 2. The molecule has 2 heterocycles. The smallest absolute Gasteiger partial charge is 0.337 e. The van der Waals surface area contributed by atoms with Gasteiger partial charge in [-0.3, -0.25) is 4.79 Å². The van der Waals surface area contributed by atoms with Crippen molar-refractivity contribution in [2.45, 2.75) is 24.7 Å². The molecule has 1 unspecified atom stereocenters. The lowest BCUT2D eigenvalue weighted by Gasteiger charge is -2.31. The number of rotatable bonds is 5. The Morgan fingerprint density at radius 1 is 1.27 bits per heavy atom. The summed E-state index contributed by atoms with van der Waals surface area (Å²) in [5.74, 6) is -0.970. The highest BCUT2D eigenvalue weighted by Gasteiger charge is 2.34. The van der Waals surface area contributed by atoms with Crippen molar-refractivity contribution in [3.05, 3.63) is 52.1 Å². The number of benzene rings is 1. The Kier molecular flexibility index (Phi) is 6.89. The van der Waals surface area contributed by atoms with Crippen molar-refractivity contribution in [2.75, 3.05) is 25.5 Å². The van der Waals surface area contributed by atoms with E-state index in [0.29, 0.717) is 30.8 Å². The molecule has 30 heavy (non-hydrogen) atoms. The van der Waals surface area contributed by atoms with Crippen LogP contribution in [-0.2, 0) is 19.6 Å². The van der Waals surface area contributed by atoms with Crippen molar-refractivity contribution in [3.63, 3.8) is 0 Å². The second kappa shape index (κ2) is 9.23. The molecule has 0 radical (unpaired) electrons.